The Kier molecular flexibility index (Phi) is 9.00. The molecule has 40 heavy (non-hydrogen) atoms. The lowest BCUT2D eigenvalue weighted by Crippen LogP contribution is -3.41. The van der Waals surface area contributed by atoms with Crippen LogP contribution in [-0.4, -0.2) is 66.7 Å². The van der Waals surface area contributed by atoms with Crippen molar-refractivity contribution in [1.82, 2.24) is 4.98 Å². The number of aliphatic hydroxyl groups is 2. The number of ether oxygens (including phenoxy) is 3. The molecule has 10 nitrogen and oxygen atoms in total. The predicted octanol–water partition coefficient (Wildman–Crippen LogP) is 0.765. The average molecular weight is 570 g/mol. The number of allylic oxidation sites excluding steroid dienone is 4. The molecule has 1 amide bonds. The highest BCUT2D eigenvalue weighted by molar-refractivity contribution is 5.88. The van der Waals surface area contributed by atoms with Crippen LogP contribution in [0.15, 0.2) is 48.1 Å². The van der Waals surface area contributed by atoms with Gasteiger partial charge in [-0.1, -0.05) is 31.2 Å². The highest BCUT2D eigenvalue weighted by Gasteiger charge is 2.60. The number of quaternary nitrogens is 2. The number of H-pyrrole nitrogens is 1. The van der Waals surface area contributed by atoms with Crippen molar-refractivity contribution in [3.63, 3.8) is 0 Å². The standard InChI is InChI=1S/C27H33F3N4O6/c1-4-18-8-10-19(11-9-18)17-33-22-23(32(3)26(2,37)34(24(22)36)12-14-38-15-13-35)31-25(33)39-20-6-5-7-21(16-20)40-27(28,29)30/h5-8,10-11,16,18,35,37H,4,9,12-15,17H2,1-3H3/p+3. The van der Waals surface area contributed by atoms with E-state index in [4.69, 9.17) is 14.6 Å². The van der Waals surface area contributed by atoms with E-state index >= 15 is 0 Å². The Bertz CT molecular complexity index is 1270. The van der Waals surface area contributed by atoms with Crippen molar-refractivity contribution in [3.8, 4) is 17.5 Å². The van der Waals surface area contributed by atoms with Crippen LogP contribution in [0.5, 0.6) is 17.5 Å². The summed E-state index contributed by atoms with van der Waals surface area (Å²) >= 11 is 0. The normalized spacial score (nSPS) is 24.6. The van der Waals surface area contributed by atoms with Gasteiger partial charge in [-0.25, -0.2) is 4.79 Å². The number of imidazole rings is 1. The van der Waals surface area contributed by atoms with Gasteiger partial charge in [-0.15, -0.1) is 13.2 Å². The number of nitrogens with zero attached hydrogens (tertiary/aromatic N) is 1. The van der Waals surface area contributed by atoms with Gasteiger partial charge in [-0.05, 0) is 36.5 Å². The largest absolute Gasteiger partial charge is 0.573 e. The molecule has 2 heterocycles. The lowest BCUT2D eigenvalue weighted by atomic mass is 9.94. The number of fused-ring (bicyclic) bond motifs is 1. The third-order valence-corrected chi connectivity index (χ3v) is 7.28. The van der Waals surface area contributed by atoms with Crippen LogP contribution in [-0.2, 0) is 11.3 Å². The van der Waals surface area contributed by atoms with E-state index in [-0.39, 0.29) is 55.3 Å². The van der Waals surface area contributed by atoms with Gasteiger partial charge in [-0.2, -0.15) is 19.4 Å². The summed E-state index contributed by atoms with van der Waals surface area (Å²) in [5.74, 6) is -1.56. The molecule has 0 saturated carbocycles. The van der Waals surface area contributed by atoms with Gasteiger partial charge in [0.2, 0.25) is 0 Å². The van der Waals surface area contributed by atoms with E-state index in [1.54, 1.807) is 11.6 Å². The van der Waals surface area contributed by atoms with Gasteiger partial charge in [0.05, 0.1) is 33.8 Å². The van der Waals surface area contributed by atoms with Crippen molar-refractivity contribution in [3.05, 3.63) is 53.8 Å². The van der Waals surface area contributed by atoms with E-state index in [2.05, 4.69) is 28.8 Å². The molecular weight excluding hydrogens is 533 g/mol. The van der Waals surface area contributed by atoms with Gasteiger partial charge in [0.15, 0.2) is 0 Å². The molecule has 1 aromatic heterocycles. The lowest BCUT2D eigenvalue weighted by molar-refractivity contribution is -1.12. The number of carbonyl (C=O) groups excluding carboxylic acids is 1. The summed E-state index contributed by atoms with van der Waals surface area (Å²) in [5.41, 5.74) is 1.21. The van der Waals surface area contributed by atoms with Crippen LogP contribution in [0.25, 0.3) is 0 Å². The van der Waals surface area contributed by atoms with E-state index in [1.165, 1.54) is 19.1 Å². The quantitative estimate of drug-likeness (QED) is 0.202. The van der Waals surface area contributed by atoms with E-state index in [0.29, 0.717) is 16.6 Å². The molecule has 0 saturated heterocycles. The zero-order chi connectivity index (χ0) is 29.1. The smallest absolute Gasteiger partial charge is 0.406 e. The second-order valence-electron chi connectivity index (χ2n) is 10.00. The van der Waals surface area contributed by atoms with Crippen LogP contribution < -0.4 is 23.8 Å². The van der Waals surface area contributed by atoms with Gasteiger partial charge in [0.1, 0.15) is 24.6 Å². The number of hydrogen-bond donors (Lipinski definition) is 5. The van der Waals surface area contributed by atoms with Gasteiger partial charge in [0, 0.05) is 6.07 Å². The molecule has 4 atom stereocenters. The molecule has 1 aromatic carbocycles. The predicted molar refractivity (Wildman–Crippen MR) is 135 cm³/mol. The Balaban J connectivity index is 1.73. The number of aromatic amines is 1. The van der Waals surface area contributed by atoms with Crippen molar-refractivity contribution in [2.75, 3.05) is 33.4 Å². The molecule has 1 aliphatic carbocycles. The monoisotopic (exact) mass is 569 g/mol. The zero-order valence-corrected chi connectivity index (χ0v) is 22.7. The first kappa shape index (κ1) is 29.7. The summed E-state index contributed by atoms with van der Waals surface area (Å²) in [5, 5.41) is 20.4. The molecule has 2 aromatic rings. The summed E-state index contributed by atoms with van der Waals surface area (Å²) in [7, 11) is 1.70. The van der Waals surface area contributed by atoms with Gasteiger partial charge >= 0.3 is 35.6 Å². The molecule has 0 fully saturated rings. The van der Waals surface area contributed by atoms with Crippen LogP contribution in [0, 0.1) is 5.92 Å². The van der Waals surface area contributed by atoms with Gasteiger partial charge in [-0.3, -0.25) is 5.11 Å². The third-order valence-electron chi connectivity index (χ3n) is 7.28. The van der Waals surface area contributed by atoms with Crippen molar-refractivity contribution in [2.45, 2.75) is 45.4 Å². The average Bonchev–Trinajstić information content (AvgIpc) is 3.24. The SMILES string of the molecule is CCC1C=CC(C[n+]2c(Oc3cccc(OC(F)(F)F)c3)[nH]c3c2C(=O)[NH+](CCOCCO)C(C)(O)[NH+]3C)=CC1. The minimum absolute atomic E-state index is 0.0618. The number of benzene rings is 1. The molecule has 2 aliphatic rings. The van der Waals surface area contributed by atoms with Crippen LogP contribution in [0.3, 0.4) is 0 Å². The number of amides is 1. The highest BCUT2D eigenvalue weighted by atomic mass is 19.4. The first-order valence-corrected chi connectivity index (χ1v) is 13.2. The summed E-state index contributed by atoms with van der Waals surface area (Å²) in [6, 6.07) is 5.22. The third kappa shape index (κ3) is 6.56. The Morgan fingerprint density at radius 3 is 2.65 bits per heavy atom. The number of rotatable bonds is 11. The Labute approximate surface area is 229 Å². The van der Waals surface area contributed by atoms with Crippen molar-refractivity contribution in [1.29, 1.82) is 0 Å². The topological polar surface area (TPSA) is 114 Å². The van der Waals surface area contributed by atoms with Crippen LogP contribution in [0.1, 0.15) is 37.2 Å². The first-order valence-electron chi connectivity index (χ1n) is 13.2. The molecule has 0 radical (unpaired) electrons. The molecule has 13 heteroatoms. The van der Waals surface area contributed by atoms with E-state index in [0.717, 1.165) is 30.5 Å². The number of nitrogens with one attached hydrogen (secondary N) is 3. The minimum Gasteiger partial charge on any atom is -0.406 e. The maximum absolute atomic E-state index is 13.9. The highest BCUT2D eigenvalue weighted by Crippen LogP contribution is 2.29. The molecule has 5 N–H and O–H groups in total. The lowest BCUT2D eigenvalue weighted by Gasteiger charge is -2.35. The van der Waals surface area contributed by atoms with Crippen molar-refractivity contribution in [2.24, 2.45) is 5.92 Å². The van der Waals surface area contributed by atoms with Crippen molar-refractivity contribution >= 4 is 11.7 Å². The molecule has 0 bridgehead atoms. The van der Waals surface area contributed by atoms with E-state index in [9.17, 15) is 23.1 Å². The fraction of sp³-hybridized carbons (Fsp3) is 0.481. The second kappa shape index (κ2) is 12.1. The second-order valence-corrected chi connectivity index (χ2v) is 10.00. The van der Waals surface area contributed by atoms with Gasteiger partial charge in [0.25, 0.3) is 0 Å². The molecule has 218 valence electrons. The summed E-state index contributed by atoms with van der Waals surface area (Å²) < 4.78 is 55.4. The number of halogens is 3. The van der Waals surface area contributed by atoms with E-state index in [1.807, 2.05) is 6.08 Å². The van der Waals surface area contributed by atoms with Crippen LogP contribution in [0.4, 0.5) is 19.0 Å². The molecule has 1 aliphatic heterocycles. The zero-order valence-electron chi connectivity index (χ0n) is 22.7. The minimum atomic E-state index is -4.86. The molecule has 0 spiro atoms. The Hall–Kier alpha value is -3.23. The molecule has 4 rings (SSSR count). The maximum atomic E-state index is 13.9. The molecular formula is C27H36F3N4O6+3. The van der Waals surface area contributed by atoms with E-state index < -0.39 is 23.9 Å². The number of aromatic nitrogens is 2. The Morgan fingerprint density at radius 1 is 1.25 bits per heavy atom. The first-order chi connectivity index (χ1) is 18.9. The van der Waals surface area contributed by atoms with Crippen LogP contribution in [0.2, 0.25) is 0 Å². The summed E-state index contributed by atoms with van der Waals surface area (Å²) in [6.45, 7) is 4.11. The maximum Gasteiger partial charge on any atom is 0.573 e. The fourth-order valence-corrected chi connectivity index (χ4v) is 4.90. The Morgan fingerprint density at radius 2 is 2.00 bits per heavy atom. The summed E-state index contributed by atoms with van der Waals surface area (Å²) in [4.78, 5) is 17.7. The van der Waals surface area contributed by atoms with Crippen LogP contribution >= 0.6 is 0 Å². The number of carbonyl (C=O) groups is 1. The van der Waals surface area contributed by atoms with Crippen molar-refractivity contribution < 1.29 is 56.8 Å². The number of hydrogen-bond acceptors (Lipinski definition) is 6. The number of aliphatic hydroxyl groups excluding tert-OH is 1. The summed E-state index contributed by atoms with van der Waals surface area (Å²) in [6.07, 6.45) is 3.19. The molecule has 4 unspecified atom stereocenters. The number of alkyl halides is 3. The fourth-order valence-electron chi connectivity index (χ4n) is 4.90. The van der Waals surface area contributed by atoms with Gasteiger partial charge < -0.3 is 19.3 Å².